The van der Waals surface area contributed by atoms with Crippen LogP contribution in [0.1, 0.15) is 29.5 Å². The van der Waals surface area contributed by atoms with E-state index in [1.165, 1.54) is 29.5 Å². The van der Waals surface area contributed by atoms with Crippen LogP contribution in [0.25, 0.3) is 6.08 Å². The summed E-state index contributed by atoms with van der Waals surface area (Å²) in [6.07, 6.45) is 7.15. The summed E-state index contributed by atoms with van der Waals surface area (Å²) < 4.78 is 6.00. The van der Waals surface area contributed by atoms with Gasteiger partial charge in [-0.05, 0) is 66.9 Å². The van der Waals surface area contributed by atoms with Gasteiger partial charge in [0.2, 0.25) is 0 Å². The van der Waals surface area contributed by atoms with Gasteiger partial charge in [0.1, 0.15) is 11.5 Å². The Kier molecular flexibility index (Phi) is 4.50. The smallest absolute Gasteiger partial charge is 0.127 e. The van der Waals surface area contributed by atoms with E-state index in [4.69, 9.17) is 4.74 Å². The molecular formula is C26H25NO. The summed E-state index contributed by atoms with van der Waals surface area (Å²) in [7, 11) is 0. The molecule has 0 atom stereocenters. The van der Waals surface area contributed by atoms with Crippen molar-refractivity contribution in [3.63, 3.8) is 0 Å². The molecule has 1 fully saturated rings. The normalized spacial score (nSPS) is 17.6. The van der Waals surface area contributed by atoms with E-state index in [1.54, 1.807) is 0 Å². The average Bonchev–Trinajstić information content (AvgIpc) is 3.10. The van der Waals surface area contributed by atoms with Gasteiger partial charge in [-0.25, -0.2) is 0 Å². The fourth-order valence-electron chi connectivity index (χ4n) is 4.57. The Bertz CT molecular complexity index is 984. The first-order chi connectivity index (χ1) is 13.8. The van der Waals surface area contributed by atoms with Crippen LogP contribution in [0.2, 0.25) is 0 Å². The minimum absolute atomic E-state index is 0.255. The summed E-state index contributed by atoms with van der Waals surface area (Å²) in [5.41, 5.74) is 4.49. The van der Waals surface area contributed by atoms with Crippen LogP contribution < -0.4 is 4.74 Å². The molecule has 0 saturated carbocycles. The highest BCUT2D eigenvalue weighted by atomic mass is 16.5. The number of fused-ring (bicyclic) bond motifs is 2. The van der Waals surface area contributed by atoms with Crippen molar-refractivity contribution in [2.75, 3.05) is 13.1 Å². The lowest BCUT2D eigenvalue weighted by Gasteiger charge is -2.39. The number of para-hydroxylation sites is 1. The second-order valence-electron chi connectivity index (χ2n) is 7.92. The number of rotatable bonds is 4. The topological polar surface area (TPSA) is 12.5 Å². The molecule has 3 aromatic rings. The molecular weight excluding hydrogens is 342 g/mol. The van der Waals surface area contributed by atoms with E-state index in [0.29, 0.717) is 0 Å². The fraction of sp³-hybridized carbons (Fsp3) is 0.231. The molecule has 0 amide bonds. The van der Waals surface area contributed by atoms with Crippen LogP contribution in [-0.4, -0.2) is 18.0 Å². The maximum Gasteiger partial charge on any atom is 0.127 e. The van der Waals surface area contributed by atoms with Crippen molar-refractivity contribution in [2.45, 2.75) is 24.8 Å². The lowest BCUT2D eigenvalue weighted by Crippen LogP contribution is -2.40. The van der Waals surface area contributed by atoms with Crippen molar-refractivity contribution >= 4 is 6.08 Å². The number of benzene rings is 3. The molecule has 0 radical (unpaired) electrons. The van der Waals surface area contributed by atoms with Crippen LogP contribution in [0.15, 0.2) is 84.9 Å². The highest BCUT2D eigenvalue weighted by Crippen LogP contribution is 2.43. The molecule has 2 aliphatic rings. The van der Waals surface area contributed by atoms with Crippen molar-refractivity contribution in [1.82, 2.24) is 4.90 Å². The summed E-state index contributed by atoms with van der Waals surface area (Å²) in [5, 5.41) is 0. The SMILES string of the molecule is C1=CC2(CCN(Cc3cccc(Oc4ccccc4)c3)CC2)c2ccccc21. The molecule has 1 aliphatic heterocycles. The zero-order valence-corrected chi connectivity index (χ0v) is 16.1. The van der Waals surface area contributed by atoms with Gasteiger partial charge in [-0.15, -0.1) is 0 Å². The molecule has 140 valence electrons. The Hall–Kier alpha value is -2.84. The van der Waals surface area contributed by atoms with Crippen LogP contribution in [0.5, 0.6) is 11.5 Å². The third-order valence-electron chi connectivity index (χ3n) is 6.11. The van der Waals surface area contributed by atoms with Gasteiger partial charge in [0.15, 0.2) is 0 Å². The van der Waals surface area contributed by atoms with E-state index in [0.717, 1.165) is 31.1 Å². The summed E-state index contributed by atoms with van der Waals surface area (Å²) >= 11 is 0. The van der Waals surface area contributed by atoms with Gasteiger partial charge in [-0.2, -0.15) is 0 Å². The van der Waals surface area contributed by atoms with Crippen LogP contribution in [-0.2, 0) is 12.0 Å². The number of piperidine rings is 1. The molecule has 1 heterocycles. The van der Waals surface area contributed by atoms with Crippen LogP contribution in [0.3, 0.4) is 0 Å². The quantitative estimate of drug-likeness (QED) is 0.557. The minimum Gasteiger partial charge on any atom is -0.457 e. The van der Waals surface area contributed by atoms with Gasteiger partial charge >= 0.3 is 0 Å². The highest BCUT2D eigenvalue weighted by molar-refractivity contribution is 5.65. The second-order valence-corrected chi connectivity index (χ2v) is 7.92. The molecule has 3 aromatic carbocycles. The van der Waals surface area contributed by atoms with Crippen molar-refractivity contribution in [2.24, 2.45) is 0 Å². The predicted molar refractivity (Wildman–Crippen MR) is 115 cm³/mol. The van der Waals surface area contributed by atoms with E-state index in [1.807, 2.05) is 36.4 Å². The zero-order chi connectivity index (χ0) is 18.8. The molecule has 0 N–H and O–H groups in total. The molecule has 2 heteroatoms. The number of allylic oxidation sites excluding steroid dienone is 1. The first-order valence-corrected chi connectivity index (χ1v) is 10.1. The fourth-order valence-corrected chi connectivity index (χ4v) is 4.57. The van der Waals surface area contributed by atoms with Crippen molar-refractivity contribution < 1.29 is 4.74 Å². The molecule has 28 heavy (non-hydrogen) atoms. The second kappa shape index (κ2) is 7.29. The molecule has 5 rings (SSSR count). The number of hydrogen-bond donors (Lipinski definition) is 0. The third-order valence-corrected chi connectivity index (χ3v) is 6.11. The summed E-state index contributed by atoms with van der Waals surface area (Å²) in [6, 6.07) is 27.3. The summed E-state index contributed by atoms with van der Waals surface area (Å²) in [5.74, 6) is 1.79. The van der Waals surface area contributed by atoms with Crippen LogP contribution in [0.4, 0.5) is 0 Å². The standard InChI is InChI=1S/C26H25NO/c1-2-9-23(10-3-1)28-24-11-6-7-21(19-24)20-27-17-15-26(16-18-27)14-13-22-8-4-5-12-25(22)26/h1-14,19H,15-18,20H2. The molecule has 0 aromatic heterocycles. The van der Waals surface area contributed by atoms with Crippen molar-refractivity contribution in [1.29, 1.82) is 0 Å². The monoisotopic (exact) mass is 367 g/mol. The summed E-state index contributed by atoms with van der Waals surface area (Å²) in [4.78, 5) is 2.57. The maximum atomic E-state index is 6.00. The third kappa shape index (κ3) is 3.36. The number of hydrogen-bond acceptors (Lipinski definition) is 2. The van der Waals surface area contributed by atoms with Crippen LogP contribution in [0, 0.1) is 0 Å². The minimum atomic E-state index is 0.255. The van der Waals surface area contributed by atoms with Gasteiger partial charge in [0.05, 0.1) is 0 Å². The summed E-state index contributed by atoms with van der Waals surface area (Å²) in [6.45, 7) is 3.23. The van der Waals surface area contributed by atoms with Gasteiger partial charge in [0, 0.05) is 12.0 Å². The Morgan fingerprint density at radius 1 is 0.786 bits per heavy atom. The lowest BCUT2D eigenvalue weighted by atomic mass is 9.74. The highest BCUT2D eigenvalue weighted by Gasteiger charge is 2.37. The Labute approximate surface area is 167 Å². The van der Waals surface area contributed by atoms with Gasteiger partial charge in [-0.1, -0.05) is 66.7 Å². The van der Waals surface area contributed by atoms with Crippen LogP contribution >= 0.6 is 0 Å². The first-order valence-electron chi connectivity index (χ1n) is 10.1. The average molecular weight is 367 g/mol. The maximum absolute atomic E-state index is 6.00. The number of ether oxygens (including phenoxy) is 1. The van der Waals surface area contributed by atoms with E-state index in [2.05, 4.69) is 59.5 Å². The van der Waals surface area contributed by atoms with Gasteiger partial charge in [-0.3, -0.25) is 4.90 Å². The molecule has 1 saturated heterocycles. The Balaban J connectivity index is 1.24. The van der Waals surface area contributed by atoms with Crippen molar-refractivity contribution in [3.8, 4) is 11.5 Å². The van der Waals surface area contributed by atoms with E-state index in [9.17, 15) is 0 Å². The molecule has 2 nitrogen and oxygen atoms in total. The van der Waals surface area contributed by atoms with E-state index < -0.39 is 0 Å². The molecule has 0 unspecified atom stereocenters. The first kappa shape index (κ1) is 17.3. The van der Waals surface area contributed by atoms with Gasteiger partial charge < -0.3 is 4.74 Å². The van der Waals surface area contributed by atoms with Gasteiger partial charge in [0.25, 0.3) is 0 Å². The largest absolute Gasteiger partial charge is 0.457 e. The van der Waals surface area contributed by atoms with Crippen molar-refractivity contribution in [3.05, 3.63) is 102 Å². The Morgan fingerprint density at radius 3 is 2.39 bits per heavy atom. The van der Waals surface area contributed by atoms with E-state index >= 15 is 0 Å². The molecule has 1 aliphatic carbocycles. The lowest BCUT2D eigenvalue weighted by molar-refractivity contribution is 0.177. The predicted octanol–water partition coefficient (Wildman–Crippen LogP) is 6.04. The number of nitrogens with zero attached hydrogens (tertiary/aromatic N) is 1. The zero-order valence-electron chi connectivity index (χ0n) is 16.1. The number of likely N-dealkylation sites (tertiary alicyclic amines) is 1. The molecule has 1 spiro atoms. The Morgan fingerprint density at radius 2 is 1.54 bits per heavy atom. The molecule has 0 bridgehead atoms. The van der Waals surface area contributed by atoms with E-state index in [-0.39, 0.29) is 5.41 Å².